The standard InChI is InChI=1S/C24H19ClN2O5/c25-15-7-5-14(6-8-15)11-26-22(30)12-27-18-4-2-1-3-16(18)24(23(27)31)13-32-21-10-20(29)19(28)9-17(21)24/h1-10,28-29H,11-13H2,(H,26,30). The predicted octanol–water partition coefficient (Wildman–Crippen LogP) is 3.09. The van der Waals surface area contributed by atoms with Crippen molar-refractivity contribution < 1.29 is 24.5 Å². The van der Waals surface area contributed by atoms with Crippen LogP contribution in [0.3, 0.4) is 0 Å². The minimum atomic E-state index is -1.19. The number of hydrogen-bond acceptors (Lipinski definition) is 5. The van der Waals surface area contributed by atoms with E-state index in [9.17, 15) is 19.8 Å². The van der Waals surface area contributed by atoms with Crippen molar-refractivity contribution in [3.63, 3.8) is 0 Å². The van der Waals surface area contributed by atoms with E-state index in [1.165, 1.54) is 17.0 Å². The predicted molar refractivity (Wildman–Crippen MR) is 118 cm³/mol. The van der Waals surface area contributed by atoms with E-state index in [1.807, 2.05) is 24.3 Å². The number of aromatic hydroxyl groups is 2. The Kier molecular flexibility index (Phi) is 4.71. The lowest BCUT2D eigenvalue weighted by atomic mass is 9.77. The first-order valence-corrected chi connectivity index (χ1v) is 10.4. The van der Waals surface area contributed by atoms with E-state index in [2.05, 4.69) is 5.32 Å². The number of fused-ring (bicyclic) bond motifs is 4. The second-order valence-electron chi connectivity index (χ2n) is 7.84. The van der Waals surface area contributed by atoms with Crippen LogP contribution in [0.5, 0.6) is 17.2 Å². The largest absolute Gasteiger partial charge is 0.504 e. The third-order valence-electron chi connectivity index (χ3n) is 5.95. The summed E-state index contributed by atoms with van der Waals surface area (Å²) in [6.07, 6.45) is 0. The summed E-state index contributed by atoms with van der Waals surface area (Å²) in [6.45, 7) is 0.165. The molecule has 1 atom stereocenters. The molecular weight excluding hydrogens is 432 g/mol. The van der Waals surface area contributed by atoms with E-state index in [0.29, 0.717) is 34.1 Å². The van der Waals surface area contributed by atoms with Crippen molar-refractivity contribution in [2.45, 2.75) is 12.0 Å². The molecule has 1 unspecified atom stereocenters. The maximum atomic E-state index is 13.7. The molecule has 0 bridgehead atoms. The van der Waals surface area contributed by atoms with Gasteiger partial charge in [-0.2, -0.15) is 0 Å². The summed E-state index contributed by atoms with van der Waals surface area (Å²) in [7, 11) is 0. The van der Waals surface area contributed by atoms with E-state index < -0.39 is 5.41 Å². The lowest BCUT2D eigenvalue weighted by Gasteiger charge is -2.23. The molecule has 2 amide bonds. The number of rotatable bonds is 4. The fourth-order valence-corrected chi connectivity index (χ4v) is 4.48. The van der Waals surface area contributed by atoms with Crippen LogP contribution in [0, 0.1) is 0 Å². The van der Waals surface area contributed by atoms with Crippen molar-refractivity contribution >= 4 is 29.1 Å². The molecule has 5 rings (SSSR count). The molecule has 1 spiro atoms. The van der Waals surface area contributed by atoms with Crippen molar-refractivity contribution in [1.29, 1.82) is 0 Å². The van der Waals surface area contributed by atoms with Crippen LogP contribution in [0.2, 0.25) is 5.02 Å². The molecule has 32 heavy (non-hydrogen) atoms. The lowest BCUT2D eigenvalue weighted by Crippen LogP contribution is -2.46. The summed E-state index contributed by atoms with van der Waals surface area (Å²) in [5.74, 6) is -0.953. The first-order valence-electron chi connectivity index (χ1n) is 10.0. The van der Waals surface area contributed by atoms with Gasteiger partial charge in [0.2, 0.25) is 11.8 Å². The van der Waals surface area contributed by atoms with Crippen molar-refractivity contribution in [2.24, 2.45) is 0 Å². The molecule has 2 aliphatic heterocycles. The number of ether oxygens (including phenoxy) is 1. The number of phenols is 2. The fraction of sp³-hybridized carbons (Fsp3) is 0.167. The molecule has 3 aromatic carbocycles. The van der Waals surface area contributed by atoms with Crippen molar-refractivity contribution in [3.05, 3.63) is 82.4 Å². The minimum Gasteiger partial charge on any atom is -0.504 e. The van der Waals surface area contributed by atoms with Gasteiger partial charge < -0.3 is 25.2 Å². The highest BCUT2D eigenvalue weighted by Gasteiger charge is 2.57. The second-order valence-corrected chi connectivity index (χ2v) is 8.28. The number of hydrogen-bond donors (Lipinski definition) is 3. The summed E-state index contributed by atoms with van der Waals surface area (Å²) >= 11 is 5.89. The molecule has 0 saturated heterocycles. The van der Waals surface area contributed by atoms with Crippen LogP contribution in [0.15, 0.2) is 60.7 Å². The Balaban J connectivity index is 1.44. The normalized spacial score (nSPS) is 18.4. The Morgan fingerprint density at radius 2 is 1.78 bits per heavy atom. The van der Waals surface area contributed by atoms with Gasteiger partial charge in [-0.15, -0.1) is 0 Å². The third kappa shape index (κ3) is 3.05. The zero-order valence-electron chi connectivity index (χ0n) is 16.8. The van der Waals surface area contributed by atoms with Crippen LogP contribution in [0.25, 0.3) is 0 Å². The van der Waals surface area contributed by atoms with Gasteiger partial charge in [-0.05, 0) is 35.4 Å². The van der Waals surface area contributed by atoms with Gasteiger partial charge in [-0.25, -0.2) is 0 Å². The Morgan fingerprint density at radius 3 is 2.56 bits per heavy atom. The molecule has 0 aliphatic carbocycles. The highest BCUT2D eigenvalue weighted by molar-refractivity contribution is 6.30. The van der Waals surface area contributed by atoms with Gasteiger partial charge in [-0.1, -0.05) is 41.9 Å². The van der Waals surface area contributed by atoms with E-state index in [-0.39, 0.29) is 36.5 Å². The van der Waals surface area contributed by atoms with Crippen LogP contribution >= 0.6 is 11.6 Å². The fourth-order valence-electron chi connectivity index (χ4n) is 4.36. The van der Waals surface area contributed by atoms with Crippen LogP contribution in [-0.4, -0.2) is 35.2 Å². The minimum absolute atomic E-state index is 0.0178. The molecule has 8 heteroatoms. The summed E-state index contributed by atoms with van der Waals surface area (Å²) in [5, 5.41) is 23.3. The molecule has 0 radical (unpaired) electrons. The van der Waals surface area contributed by atoms with Crippen LogP contribution in [0.4, 0.5) is 5.69 Å². The average molecular weight is 451 g/mol. The SMILES string of the molecule is O=C(CN1C(=O)C2(COc3cc(O)c(O)cc32)c2ccccc21)NCc1ccc(Cl)cc1. The van der Waals surface area contributed by atoms with Crippen LogP contribution < -0.4 is 15.0 Å². The monoisotopic (exact) mass is 450 g/mol. The zero-order valence-corrected chi connectivity index (χ0v) is 17.6. The maximum absolute atomic E-state index is 13.7. The van der Waals surface area contributed by atoms with E-state index in [1.54, 1.807) is 24.3 Å². The molecule has 2 heterocycles. The molecule has 0 saturated carbocycles. The average Bonchev–Trinajstić information content (AvgIpc) is 3.26. The highest BCUT2D eigenvalue weighted by Crippen LogP contribution is 2.54. The van der Waals surface area contributed by atoms with Crippen LogP contribution in [0.1, 0.15) is 16.7 Å². The van der Waals surface area contributed by atoms with Gasteiger partial charge in [0.25, 0.3) is 0 Å². The molecule has 0 aromatic heterocycles. The number of nitrogens with zero attached hydrogens (tertiary/aromatic N) is 1. The van der Waals surface area contributed by atoms with E-state index in [4.69, 9.17) is 16.3 Å². The first kappa shape index (κ1) is 20.2. The van der Waals surface area contributed by atoms with Crippen molar-refractivity contribution in [1.82, 2.24) is 5.32 Å². The smallest absolute Gasteiger partial charge is 0.246 e. The van der Waals surface area contributed by atoms with E-state index >= 15 is 0 Å². The number of phenolic OH excluding ortho intramolecular Hbond substituents is 2. The number of anilines is 1. The van der Waals surface area contributed by atoms with Gasteiger partial charge in [0, 0.05) is 28.9 Å². The summed E-state index contributed by atoms with van der Waals surface area (Å²) in [5.41, 5.74) is 1.48. The number of halogens is 1. The number of para-hydroxylation sites is 1. The molecule has 7 nitrogen and oxygen atoms in total. The van der Waals surface area contributed by atoms with Gasteiger partial charge in [0.1, 0.15) is 24.3 Å². The Morgan fingerprint density at radius 1 is 1.06 bits per heavy atom. The molecular formula is C24H19ClN2O5. The van der Waals surface area contributed by atoms with E-state index in [0.717, 1.165) is 5.56 Å². The molecule has 162 valence electrons. The number of nitrogens with one attached hydrogen (secondary N) is 1. The van der Waals surface area contributed by atoms with Gasteiger partial charge in [0.05, 0.1) is 0 Å². The zero-order chi connectivity index (χ0) is 22.5. The lowest BCUT2D eigenvalue weighted by molar-refractivity contribution is -0.125. The van der Waals surface area contributed by atoms with Crippen LogP contribution in [-0.2, 0) is 21.5 Å². The third-order valence-corrected chi connectivity index (χ3v) is 6.20. The second kappa shape index (κ2) is 7.46. The summed E-state index contributed by atoms with van der Waals surface area (Å²) in [4.78, 5) is 27.8. The first-order chi connectivity index (χ1) is 15.4. The van der Waals surface area contributed by atoms with Gasteiger partial charge in [0.15, 0.2) is 11.5 Å². The number of amides is 2. The highest BCUT2D eigenvalue weighted by atomic mass is 35.5. The molecule has 2 aliphatic rings. The Labute approximate surface area is 188 Å². The summed E-state index contributed by atoms with van der Waals surface area (Å²) in [6, 6.07) is 17.0. The molecule has 3 N–H and O–H groups in total. The number of carbonyl (C=O) groups is 2. The molecule has 0 fully saturated rings. The number of benzene rings is 3. The number of carbonyl (C=O) groups excluding carboxylic acids is 2. The maximum Gasteiger partial charge on any atom is 0.246 e. The van der Waals surface area contributed by atoms with Gasteiger partial charge >= 0.3 is 0 Å². The summed E-state index contributed by atoms with van der Waals surface area (Å²) < 4.78 is 5.74. The van der Waals surface area contributed by atoms with Crippen molar-refractivity contribution in [2.75, 3.05) is 18.1 Å². The Hall–Kier alpha value is -3.71. The Bertz CT molecular complexity index is 1240. The van der Waals surface area contributed by atoms with Crippen molar-refractivity contribution in [3.8, 4) is 17.2 Å². The van der Waals surface area contributed by atoms with Gasteiger partial charge in [-0.3, -0.25) is 9.59 Å². The molecule has 3 aromatic rings. The topological polar surface area (TPSA) is 99.1 Å². The quantitative estimate of drug-likeness (QED) is 0.530.